The Morgan fingerprint density at radius 3 is 2.49 bits per heavy atom. The molecule has 0 aromatic heterocycles. The molecule has 1 amide bonds. The van der Waals surface area contributed by atoms with Gasteiger partial charge in [0, 0.05) is 14.8 Å². The quantitative estimate of drug-likeness (QED) is 0.297. The number of cyclic esters (lactones) is 1. The Labute approximate surface area is 218 Å². The topological polar surface area (TPSA) is 47.6 Å². The molecule has 4 nitrogen and oxygen atoms in total. The molecule has 4 rings (SSSR count). The second-order valence-corrected chi connectivity index (χ2v) is 9.85. The third kappa shape index (κ3) is 7.94. The molecule has 1 aliphatic rings. The predicted molar refractivity (Wildman–Crippen MR) is 145 cm³/mol. The molecule has 3 aromatic carbocycles. The summed E-state index contributed by atoms with van der Waals surface area (Å²) in [6.45, 7) is 7.07. The SMILES string of the molecule is CC.CCC1(CCCc2ccc(Sc3cccc(OCc4ccccc4)c3)cc2Cl)COC(=O)N1. The van der Waals surface area contributed by atoms with Crippen molar-refractivity contribution in [1.29, 1.82) is 0 Å². The lowest BCUT2D eigenvalue weighted by Crippen LogP contribution is -2.42. The molecular formula is C29H34ClNO3S. The van der Waals surface area contributed by atoms with Gasteiger partial charge in [0.15, 0.2) is 0 Å². The Balaban J connectivity index is 0.00000167. The zero-order valence-electron chi connectivity index (χ0n) is 20.7. The van der Waals surface area contributed by atoms with Crippen molar-refractivity contribution in [3.8, 4) is 5.75 Å². The van der Waals surface area contributed by atoms with Crippen molar-refractivity contribution < 1.29 is 14.3 Å². The minimum Gasteiger partial charge on any atom is -0.489 e. The van der Waals surface area contributed by atoms with Crippen molar-refractivity contribution in [2.75, 3.05) is 6.61 Å². The van der Waals surface area contributed by atoms with E-state index in [1.165, 1.54) is 0 Å². The van der Waals surface area contributed by atoms with Gasteiger partial charge >= 0.3 is 6.09 Å². The number of carbonyl (C=O) groups is 1. The first-order valence-electron chi connectivity index (χ1n) is 12.2. The number of amides is 1. The minimum absolute atomic E-state index is 0.243. The third-order valence-electron chi connectivity index (χ3n) is 5.94. The molecule has 35 heavy (non-hydrogen) atoms. The van der Waals surface area contributed by atoms with Crippen LogP contribution in [0.15, 0.2) is 82.6 Å². The minimum atomic E-state index is -0.314. The van der Waals surface area contributed by atoms with Crippen LogP contribution >= 0.6 is 23.4 Å². The number of halogens is 1. The van der Waals surface area contributed by atoms with Gasteiger partial charge in [-0.2, -0.15) is 0 Å². The van der Waals surface area contributed by atoms with Gasteiger partial charge in [-0.1, -0.05) is 86.6 Å². The Hall–Kier alpha value is -2.63. The molecule has 0 bridgehead atoms. The molecule has 0 radical (unpaired) electrons. The summed E-state index contributed by atoms with van der Waals surface area (Å²) in [6.07, 6.45) is 3.22. The molecule has 0 aliphatic carbocycles. The highest BCUT2D eigenvalue weighted by Gasteiger charge is 2.37. The third-order valence-corrected chi connectivity index (χ3v) is 7.27. The van der Waals surface area contributed by atoms with E-state index >= 15 is 0 Å². The van der Waals surface area contributed by atoms with Crippen LogP contribution in [0.2, 0.25) is 5.02 Å². The van der Waals surface area contributed by atoms with Crippen LogP contribution in [0.25, 0.3) is 0 Å². The van der Waals surface area contributed by atoms with E-state index in [-0.39, 0.29) is 11.6 Å². The lowest BCUT2D eigenvalue weighted by molar-refractivity contribution is 0.170. The molecule has 3 aromatic rings. The molecular weight excluding hydrogens is 478 g/mol. The van der Waals surface area contributed by atoms with E-state index < -0.39 is 0 Å². The van der Waals surface area contributed by atoms with E-state index in [4.69, 9.17) is 21.1 Å². The number of hydrogen-bond donors (Lipinski definition) is 1. The Morgan fingerprint density at radius 2 is 1.80 bits per heavy atom. The van der Waals surface area contributed by atoms with Crippen LogP contribution in [0.4, 0.5) is 4.79 Å². The van der Waals surface area contributed by atoms with Gasteiger partial charge in [-0.05, 0) is 67.1 Å². The molecule has 1 fully saturated rings. The van der Waals surface area contributed by atoms with Crippen LogP contribution in [0.1, 0.15) is 51.2 Å². The molecule has 1 saturated heterocycles. The molecule has 1 N–H and O–H groups in total. The van der Waals surface area contributed by atoms with Gasteiger partial charge in [-0.25, -0.2) is 4.79 Å². The summed E-state index contributed by atoms with van der Waals surface area (Å²) in [5.74, 6) is 0.847. The Kier molecular flexibility index (Phi) is 10.4. The highest BCUT2D eigenvalue weighted by molar-refractivity contribution is 7.99. The second-order valence-electron chi connectivity index (χ2n) is 8.29. The molecule has 0 saturated carbocycles. The van der Waals surface area contributed by atoms with Gasteiger partial charge in [-0.3, -0.25) is 0 Å². The fourth-order valence-corrected chi connectivity index (χ4v) is 5.16. The number of aryl methyl sites for hydroxylation is 1. The average molecular weight is 512 g/mol. The molecule has 1 unspecified atom stereocenters. The lowest BCUT2D eigenvalue weighted by Gasteiger charge is -2.24. The maximum Gasteiger partial charge on any atom is 0.407 e. The summed E-state index contributed by atoms with van der Waals surface area (Å²) in [5.41, 5.74) is 2.02. The molecule has 1 aliphatic heterocycles. The van der Waals surface area contributed by atoms with Crippen molar-refractivity contribution in [2.24, 2.45) is 0 Å². The van der Waals surface area contributed by atoms with Crippen molar-refractivity contribution >= 4 is 29.5 Å². The van der Waals surface area contributed by atoms with Gasteiger partial charge in [0.2, 0.25) is 0 Å². The van der Waals surface area contributed by atoms with Crippen LogP contribution in [-0.2, 0) is 17.8 Å². The molecule has 1 atom stereocenters. The van der Waals surface area contributed by atoms with Gasteiger partial charge in [0.05, 0.1) is 5.54 Å². The number of nitrogens with one attached hydrogen (secondary N) is 1. The van der Waals surface area contributed by atoms with E-state index in [9.17, 15) is 4.79 Å². The summed E-state index contributed by atoms with van der Waals surface area (Å²) < 4.78 is 11.1. The van der Waals surface area contributed by atoms with Gasteiger partial charge in [0.1, 0.15) is 19.0 Å². The normalized spacial score (nSPS) is 16.6. The number of carbonyl (C=O) groups excluding carboxylic acids is 1. The first-order chi connectivity index (χ1) is 17.0. The first-order valence-corrected chi connectivity index (χ1v) is 13.4. The molecule has 0 spiro atoms. The van der Waals surface area contributed by atoms with Crippen LogP contribution in [0, 0.1) is 0 Å². The Morgan fingerprint density at radius 1 is 1.03 bits per heavy atom. The van der Waals surface area contributed by atoms with Crippen LogP contribution in [-0.4, -0.2) is 18.2 Å². The van der Waals surface area contributed by atoms with Crippen LogP contribution in [0.3, 0.4) is 0 Å². The average Bonchev–Trinajstić information content (AvgIpc) is 3.27. The van der Waals surface area contributed by atoms with Crippen molar-refractivity contribution in [1.82, 2.24) is 5.32 Å². The van der Waals surface area contributed by atoms with Crippen LogP contribution < -0.4 is 10.1 Å². The number of benzene rings is 3. The maximum absolute atomic E-state index is 11.5. The molecule has 6 heteroatoms. The summed E-state index contributed by atoms with van der Waals surface area (Å²) in [5, 5.41) is 3.74. The number of alkyl carbamates (subject to hydrolysis) is 1. The largest absolute Gasteiger partial charge is 0.489 e. The van der Waals surface area contributed by atoms with Crippen LogP contribution in [0.5, 0.6) is 5.75 Å². The van der Waals surface area contributed by atoms with Gasteiger partial charge in [0.25, 0.3) is 0 Å². The molecule has 1 heterocycles. The van der Waals surface area contributed by atoms with Gasteiger partial charge in [-0.15, -0.1) is 0 Å². The van der Waals surface area contributed by atoms with Crippen molar-refractivity contribution in [2.45, 2.75) is 68.4 Å². The van der Waals surface area contributed by atoms with Gasteiger partial charge < -0.3 is 14.8 Å². The fraction of sp³-hybridized carbons (Fsp3) is 0.345. The summed E-state index contributed by atoms with van der Waals surface area (Å²) >= 11 is 8.26. The summed E-state index contributed by atoms with van der Waals surface area (Å²) in [7, 11) is 0. The number of ether oxygens (including phenoxy) is 2. The standard InChI is InChI=1S/C27H28ClNO3S.C2H6/c1-2-27(19-32-26(30)29-27)15-7-10-21-13-14-24(17-25(21)28)33-23-12-6-11-22(16-23)31-18-20-8-4-3-5-9-20;1-2/h3-6,8-9,11-14,16-17H,2,7,10,15,18-19H2,1H3,(H,29,30);1-2H3. The highest BCUT2D eigenvalue weighted by Crippen LogP contribution is 2.33. The van der Waals surface area contributed by atoms with Crippen molar-refractivity contribution in [3.05, 3.63) is 88.9 Å². The number of hydrogen-bond acceptors (Lipinski definition) is 4. The first kappa shape index (κ1) is 27.0. The Bertz CT molecular complexity index is 1090. The van der Waals surface area contributed by atoms with E-state index in [1.54, 1.807) is 11.8 Å². The zero-order valence-corrected chi connectivity index (χ0v) is 22.3. The smallest absolute Gasteiger partial charge is 0.407 e. The van der Waals surface area contributed by atoms with E-state index in [0.717, 1.165) is 57.4 Å². The monoisotopic (exact) mass is 511 g/mol. The predicted octanol–water partition coefficient (Wildman–Crippen LogP) is 8.31. The number of rotatable bonds is 10. The zero-order chi connectivity index (χ0) is 25.1. The van der Waals surface area contributed by atoms with E-state index in [2.05, 4.69) is 48.6 Å². The van der Waals surface area contributed by atoms with Crippen molar-refractivity contribution in [3.63, 3.8) is 0 Å². The molecule has 186 valence electrons. The van der Waals surface area contributed by atoms with E-state index in [0.29, 0.717) is 13.2 Å². The highest BCUT2D eigenvalue weighted by atomic mass is 35.5. The second kappa shape index (κ2) is 13.5. The van der Waals surface area contributed by atoms with E-state index in [1.807, 2.05) is 50.2 Å². The maximum atomic E-state index is 11.5. The fourth-order valence-electron chi connectivity index (χ4n) is 3.91. The lowest BCUT2D eigenvalue weighted by atomic mass is 9.90. The summed E-state index contributed by atoms with van der Waals surface area (Å²) in [6, 6.07) is 24.5. The summed E-state index contributed by atoms with van der Waals surface area (Å²) in [4.78, 5) is 13.6.